The molecule has 0 bridgehead atoms. The second kappa shape index (κ2) is 7.68. The molecule has 148 valence electrons. The second-order valence-electron chi connectivity index (χ2n) is 8.34. The number of benzene rings is 1. The van der Waals surface area contributed by atoms with E-state index in [2.05, 4.69) is 49.8 Å². The number of rotatable bonds is 5. The van der Waals surface area contributed by atoms with E-state index in [4.69, 9.17) is 4.42 Å². The standard InChI is InChI=1S/C22H29N5O/c1-25-21(16-26-10-4-5-11-26)23-24-22(25)18-8-6-12-27(14-18)15-19-13-17-7-2-3-9-20(17)28-19/h2-3,7,9,13,18H,4-6,8,10-12,14-16H2,1H3. The van der Waals surface area contributed by atoms with E-state index in [1.165, 1.54) is 44.2 Å². The molecule has 0 spiro atoms. The van der Waals surface area contributed by atoms with Crippen molar-refractivity contribution in [3.05, 3.63) is 47.7 Å². The molecule has 0 saturated carbocycles. The minimum Gasteiger partial charge on any atom is -0.460 e. The van der Waals surface area contributed by atoms with Crippen LogP contribution in [0.5, 0.6) is 0 Å². The maximum Gasteiger partial charge on any atom is 0.146 e. The fourth-order valence-corrected chi connectivity index (χ4v) is 4.75. The van der Waals surface area contributed by atoms with Gasteiger partial charge in [-0.15, -0.1) is 10.2 Å². The molecule has 2 fully saturated rings. The molecule has 2 aliphatic heterocycles. The van der Waals surface area contributed by atoms with E-state index in [9.17, 15) is 0 Å². The lowest BCUT2D eigenvalue weighted by Crippen LogP contribution is -2.34. The van der Waals surface area contributed by atoms with E-state index in [1.54, 1.807) is 0 Å². The van der Waals surface area contributed by atoms with Gasteiger partial charge in [0.2, 0.25) is 0 Å². The van der Waals surface area contributed by atoms with Gasteiger partial charge in [-0.25, -0.2) is 0 Å². The summed E-state index contributed by atoms with van der Waals surface area (Å²) in [4.78, 5) is 4.99. The van der Waals surface area contributed by atoms with Gasteiger partial charge in [0.1, 0.15) is 23.0 Å². The molecular weight excluding hydrogens is 350 g/mol. The van der Waals surface area contributed by atoms with Gasteiger partial charge >= 0.3 is 0 Å². The minimum absolute atomic E-state index is 0.447. The average Bonchev–Trinajstić information content (AvgIpc) is 3.43. The predicted molar refractivity (Wildman–Crippen MR) is 109 cm³/mol. The average molecular weight is 380 g/mol. The Balaban J connectivity index is 1.27. The molecule has 0 radical (unpaired) electrons. The van der Waals surface area contributed by atoms with Crippen molar-refractivity contribution >= 4 is 11.0 Å². The molecule has 6 nitrogen and oxygen atoms in total. The number of likely N-dealkylation sites (tertiary alicyclic amines) is 2. The first kappa shape index (κ1) is 17.9. The Morgan fingerprint density at radius 1 is 1.00 bits per heavy atom. The van der Waals surface area contributed by atoms with Gasteiger partial charge in [0.15, 0.2) is 0 Å². The number of piperidine rings is 1. The summed E-state index contributed by atoms with van der Waals surface area (Å²) in [6.07, 6.45) is 5.00. The summed E-state index contributed by atoms with van der Waals surface area (Å²) in [7, 11) is 2.14. The van der Waals surface area contributed by atoms with Crippen LogP contribution < -0.4 is 0 Å². The zero-order valence-corrected chi connectivity index (χ0v) is 16.7. The highest BCUT2D eigenvalue weighted by molar-refractivity contribution is 5.77. The molecule has 1 unspecified atom stereocenters. The maximum absolute atomic E-state index is 6.03. The lowest BCUT2D eigenvalue weighted by atomic mass is 9.97. The van der Waals surface area contributed by atoms with E-state index < -0.39 is 0 Å². The molecule has 6 heteroatoms. The summed E-state index contributed by atoms with van der Waals surface area (Å²) in [5.74, 6) is 3.74. The van der Waals surface area contributed by atoms with E-state index >= 15 is 0 Å². The van der Waals surface area contributed by atoms with Crippen molar-refractivity contribution in [1.82, 2.24) is 24.6 Å². The van der Waals surface area contributed by atoms with Crippen LogP contribution in [0.2, 0.25) is 0 Å². The van der Waals surface area contributed by atoms with Crippen LogP contribution in [-0.2, 0) is 20.1 Å². The third-order valence-corrected chi connectivity index (χ3v) is 6.29. The third-order valence-electron chi connectivity index (χ3n) is 6.29. The minimum atomic E-state index is 0.447. The topological polar surface area (TPSA) is 50.3 Å². The summed E-state index contributed by atoms with van der Waals surface area (Å²) in [6, 6.07) is 10.4. The first-order valence-electron chi connectivity index (χ1n) is 10.6. The highest BCUT2D eigenvalue weighted by atomic mass is 16.3. The van der Waals surface area contributed by atoms with Crippen LogP contribution in [0.15, 0.2) is 34.7 Å². The Labute approximate surface area is 166 Å². The smallest absolute Gasteiger partial charge is 0.146 e. The number of para-hydroxylation sites is 1. The monoisotopic (exact) mass is 379 g/mol. The number of hydrogen-bond donors (Lipinski definition) is 0. The van der Waals surface area contributed by atoms with Crippen LogP contribution in [-0.4, -0.2) is 50.7 Å². The van der Waals surface area contributed by atoms with Gasteiger partial charge in [-0.3, -0.25) is 9.80 Å². The molecule has 0 amide bonds. The largest absolute Gasteiger partial charge is 0.460 e. The number of nitrogens with zero attached hydrogens (tertiary/aromatic N) is 5. The van der Waals surface area contributed by atoms with Crippen LogP contribution in [0.4, 0.5) is 0 Å². The Morgan fingerprint density at radius 3 is 2.68 bits per heavy atom. The van der Waals surface area contributed by atoms with Gasteiger partial charge in [0.05, 0.1) is 13.1 Å². The third kappa shape index (κ3) is 3.59. The normalized spacial score (nSPS) is 21.7. The van der Waals surface area contributed by atoms with Gasteiger partial charge in [0.25, 0.3) is 0 Å². The van der Waals surface area contributed by atoms with Crippen molar-refractivity contribution in [1.29, 1.82) is 0 Å². The lowest BCUT2D eigenvalue weighted by molar-refractivity contribution is 0.183. The fourth-order valence-electron chi connectivity index (χ4n) is 4.75. The first-order chi connectivity index (χ1) is 13.8. The predicted octanol–water partition coefficient (Wildman–Crippen LogP) is 3.54. The Morgan fingerprint density at radius 2 is 1.82 bits per heavy atom. The van der Waals surface area contributed by atoms with Crippen LogP contribution in [0.1, 0.15) is 49.0 Å². The summed E-state index contributed by atoms with van der Waals surface area (Å²) < 4.78 is 8.28. The molecule has 0 aliphatic carbocycles. The molecule has 2 aliphatic rings. The molecule has 28 heavy (non-hydrogen) atoms. The summed E-state index contributed by atoms with van der Waals surface area (Å²) in [6.45, 7) is 6.31. The Bertz CT molecular complexity index is 906. The number of aromatic nitrogens is 3. The molecular formula is C22H29N5O. The van der Waals surface area contributed by atoms with Crippen molar-refractivity contribution in [2.45, 2.75) is 44.7 Å². The van der Waals surface area contributed by atoms with Gasteiger partial charge in [-0.05, 0) is 57.5 Å². The highest BCUT2D eigenvalue weighted by Crippen LogP contribution is 2.28. The molecule has 3 aromatic rings. The van der Waals surface area contributed by atoms with Crippen LogP contribution >= 0.6 is 0 Å². The number of fused-ring (bicyclic) bond motifs is 1. The van der Waals surface area contributed by atoms with Crippen LogP contribution in [0.25, 0.3) is 11.0 Å². The Hall–Kier alpha value is -2.18. The van der Waals surface area contributed by atoms with Gasteiger partial charge < -0.3 is 8.98 Å². The summed E-state index contributed by atoms with van der Waals surface area (Å²) in [5, 5.41) is 10.3. The van der Waals surface area contributed by atoms with E-state index in [0.29, 0.717) is 5.92 Å². The zero-order valence-electron chi connectivity index (χ0n) is 16.7. The molecule has 1 aromatic carbocycles. The summed E-state index contributed by atoms with van der Waals surface area (Å²) in [5.41, 5.74) is 0.978. The number of furan rings is 1. The molecule has 2 aromatic heterocycles. The quantitative estimate of drug-likeness (QED) is 0.679. The van der Waals surface area contributed by atoms with Crippen molar-refractivity contribution in [2.24, 2.45) is 7.05 Å². The highest BCUT2D eigenvalue weighted by Gasteiger charge is 2.27. The van der Waals surface area contributed by atoms with Gasteiger partial charge in [-0.2, -0.15) is 0 Å². The van der Waals surface area contributed by atoms with Gasteiger partial charge in [0, 0.05) is 24.9 Å². The molecule has 5 rings (SSSR count). The SMILES string of the molecule is Cn1c(CN2CCCC2)nnc1C1CCCN(Cc2cc3ccccc3o2)C1. The lowest BCUT2D eigenvalue weighted by Gasteiger charge is -2.31. The first-order valence-corrected chi connectivity index (χ1v) is 10.6. The second-order valence-corrected chi connectivity index (χ2v) is 8.34. The van der Waals surface area contributed by atoms with Crippen molar-refractivity contribution in [3.63, 3.8) is 0 Å². The van der Waals surface area contributed by atoms with Crippen molar-refractivity contribution in [2.75, 3.05) is 26.2 Å². The van der Waals surface area contributed by atoms with Crippen molar-refractivity contribution in [3.8, 4) is 0 Å². The molecule has 2 saturated heterocycles. The van der Waals surface area contributed by atoms with E-state index in [-0.39, 0.29) is 0 Å². The van der Waals surface area contributed by atoms with Crippen LogP contribution in [0.3, 0.4) is 0 Å². The number of hydrogen-bond acceptors (Lipinski definition) is 5. The van der Waals surface area contributed by atoms with E-state index in [1.807, 2.05) is 12.1 Å². The van der Waals surface area contributed by atoms with Crippen molar-refractivity contribution < 1.29 is 4.42 Å². The van der Waals surface area contributed by atoms with Gasteiger partial charge in [-0.1, -0.05) is 18.2 Å². The molecule has 0 N–H and O–H groups in total. The van der Waals surface area contributed by atoms with E-state index in [0.717, 1.165) is 49.2 Å². The summed E-state index contributed by atoms with van der Waals surface area (Å²) >= 11 is 0. The zero-order chi connectivity index (χ0) is 18.9. The molecule has 4 heterocycles. The maximum atomic E-state index is 6.03. The molecule has 1 atom stereocenters. The van der Waals surface area contributed by atoms with Crippen LogP contribution in [0, 0.1) is 0 Å². The fraction of sp³-hybridized carbons (Fsp3) is 0.545. The Kier molecular flexibility index (Phi) is 4.91.